The lowest BCUT2D eigenvalue weighted by Gasteiger charge is -2.23. The zero-order valence-electron chi connectivity index (χ0n) is 41.5. The van der Waals surface area contributed by atoms with Gasteiger partial charge in [-0.05, 0) is 99.1 Å². The Labute approximate surface area is 403 Å². The summed E-state index contributed by atoms with van der Waals surface area (Å²) < 4.78 is 28.9. The van der Waals surface area contributed by atoms with Gasteiger partial charge in [0.05, 0.1) is 29.8 Å². The predicted molar refractivity (Wildman–Crippen MR) is 261 cm³/mol. The Morgan fingerprint density at radius 3 is 2.14 bits per heavy atom. The molecule has 3 aliphatic heterocycles. The summed E-state index contributed by atoms with van der Waals surface area (Å²) in [6.07, 6.45) is -1.96. The normalized spacial score (nSPS) is 19.8. The molecule has 4 aromatic rings. The molecule has 3 aliphatic rings. The number of rotatable bonds is 15. The molecular weight excluding hydrogens is 901 g/mol. The minimum Gasteiger partial charge on any atom is -0.469 e. The van der Waals surface area contributed by atoms with Crippen LogP contribution in [0.4, 0.5) is 0 Å². The minimum atomic E-state index is -1.25. The van der Waals surface area contributed by atoms with Crippen LogP contribution in [0.3, 0.4) is 0 Å². The number of Topliss-reactive ketones (excluding diaryl/α,β-unsaturated/α-hetero) is 2. The maximum atomic E-state index is 14.0. The number of esters is 3. The summed E-state index contributed by atoms with van der Waals surface area (Å²) >= 11 is 0. The molecule has 18 nitrogen and oxygen atoms in total. The highest BCUT2D eigenvalue weighted by Gasteiger charge is 2.49. The van der Waals surface area contributed by atoms with Crippen molar-refractivity contribution in [1.29, 1.82) is 0 Å². The molecule has 0 radical (unpaired) electrons. The van der Waals surface area contributed by atoms with Gasteiger partial charge >= 0.3 is 23.6 Å². The van der Waals surface area contributed by atoms with Gasteiger partial charge in [0, 0.05) is 97.1 Å². The number of H-pyrrole nitrogens is 3. The molecule has 370 valence electrons. The summed E-state index contributed by atoms with van der Waals surface area (Å²) in [6, 6.07) is 5.80. The molecule has 18 heteroatoms. The molecule has 7 heterocycles. The SMILES string of the molecule is C=C(c1cn([C@@H]2O[C@H](COC(C)=O)C(OC(C)=O)[C@@H]2OC)c(=O)[nH]c1=O)c1c(C)c2cc3nc(c(CC(C)=O)c4nc(cc5[nH]c(cc1[nH]2)c(C)c5CC)C(C)=C4CC(C)=O)[C@@H](CCC(=O)OC)[C@@H]3C. The first-order chi connectivity index (χ1) is 33.2. The fourth-order valence-corrected chi connectivity index (χ4v) is 9.97. The van der Waals surface area contributed by atoms with Crippen LogP contribution in [-0.4, -0.2) is 98.1 Å². The third-order valence-electron chi connectivity index (χ3n) is 13.5. The third kappa shape index (κ3) is 9.87. The van der Waals surface area contributed by atoms with E-state index in [1.807, 2.05) is 52.8 Å². The highest BCUT2D eigenvalue weighted by atomic mass is 16.6. The number of ether oxygens (including phenoxy) is 5. The summed E-state index contributed by atoms with van der Waals surface area (Å²) in [7, 11) is 2.69. The van der Waals surface area contributed by atoms with Gasteiger partial charge in [0.2, 0.25) is 0 Å². The summed E-state index contributed by atoms with van der Waals surface area (Å²) in [5.74, 6) is -2.49. The number of nitrogens with zero attached hydrogens (tertiary/aromatic N) is 3. The Balaban J connectivity index is 1.52. The number of aromatic amines is 3. The van der Waals surface area contributed by atoms with Crippen LogP contribution in [0, 0.1) is 13.8 Å². The van der Waals surface area contributed by atoms with Gasteiger partial charge in [-0.3, -0.25) is 43.3 Å². The molecule has 0 saturated carbocycles. The highest BCUT2D eigenvalue weighted by molar-refractivity contribution is 6.01. The van der Waals surface area contributed by atoms with E-state index in [4.69, 9.17) is 33.7 Å². The first-order valence-electron chi connectivity index (χ1n) is 23.2. The Hall–Kier alpha value is -7.05. The van der Waals surface area contributed by atoms with E-state index in [1.165, 1.54) is 48.1 Å². The minimum absolute atomic E-state index is 0.00873. The molecule has 0 aliphatic carbocycles. The Morgan fingerprint density at radius 1 is 0.829 bits per heavy atom. The number of carbonyl (C=O) groups is 5. The smallest absolute Gasteiger partial charge is 0.330 e. The Morgan fingerprint density at radius 2 is 1.51 bits per heavy atom. The molecule has 4 aromatic heterocycles. The van der Waals surface area contributed by atoms with Crippen molar-refractivity contribution in [3.05, 3.63) is 108 Å². The van der Waals surface area contributed by atoms with Crippen molar-refractivity contribution in [3.8, 4) is 0 Å². The lowest BCUT2D eigenvalue weighted by molar-refractivity contribution is -0.158. The van der Waals surface area contributed by atoms with Crippen LogP contribution >= 0.6 is 0 Å². The Kier molecular flexibility index (Phi) is 14.9. The average Bonchev–Trinajstić information content (AvgIpc) is 4.05. The van der Waals surface area contributed by atoms with Crippen LogP contribution in [0.2, 0.25) is 0 Å². The topological polar surface area (TPSA) is 244 Å². The van der Waals surface area contributed by atoms with Crippen molar-refractivity contribution in [2.75, 3.05) is 20.8 Å². The van der Waals surface area contributed by atoms with Crippen molar-refractivity contribution in [1.82, 2.24) is 29.5 Å². The summed E-state index contributed by atoms with van der Waals surface area (Å²) in [5.41, 5.74) is 9.03. The first kappa shape index (κ1) is 50.8. The summed E-state index contributed by atoms with van der Waals surface area (Å²) in [6.45, 7) is 19.5. The summed E-state index contributed by atoms with van der Waals surface area (Å²) in [5, 5.41) is 0. The maximum absolute atomic E-state index is 14.0. The van der Waals surface area contributed by atoms with E-state index >= 15 is 0 Å². The second-order valence-electron chi connectivity index (χ2n) is 18.2. The second-order valence-corrected chi connectivity index (χ2v) is 18.2. The molecule has 1 unspecified atom stereocenters. The monoisotopic (exact) mass is 960 g/mol. The quantitative estimate of drug-likeness (QED) is 0.0830. The fraction of sp³-hybridized carbons (Fsp3) is 0.442. The van der Waals surface area contributed by atoms with E-state index in [-0.39, 0.29) is 60.4 Å². The van der Waals surface area contributed by atoms with Crippen molar-refractivity contribution in [2.45, 2.75) is 131 Å². The standard InChI is InChI=1S/C52H60N6O12/c1-13-32-25(4)37-20-42-45(28(7)36-21-58(52(65)57-50(36)64)51-49(67-12)48(69-31(10)62)43(70-51)22-68-30(9)61)29(8)40(54-42)18-38-26(5)33(14-15-44(63)66-11)46(55-38)35(17-24(3)60)47-34(16-23(2)59)27(6)39(56-47)19-41(32)53-37/h18-21,26,33,43,48-49,51,53-54H,7,13-17,22H2,1-6,8-12H3,(H,57,64,65)/t26-,33-,43+,48?,49-,51+/m0/s1. The van der Waals surface area contributed by atoms with Crippen LogP contribution in [0.25, 0.3) is 38.8 Å². The third-order valence-corrected chi connectivity index (χ3v) is 13.5. The largest absolute Gasteiger partial charge is 0.469 e. The van der Waals surface area contributed by atoms with Gasteiger partial charge in [-0.1, -0.05) is 20.4 Å². The van der Waals surface area contributed by atoms with Gasteiger partial charge in [0.1, 0.15) is 30.4 Å². The Bertz CT molecular complexity index is 3170. The van der Waals surface area contributed by atoms with Gasteiger partial charge in [-0.15, -0.1) is 0 Å². The van der Waals surface area contributed by atoms with E-state index < -0.39 is 53.7 Å². The van der Waals surface area contributed by atoms with Gasteiger partial charge in [0.25, 0.3) is 5.56 Å². The molecule has 3 N–H and O–H groups in total. The number of carbonyl (C=O) groups excluding carboxylic acids is 5. The van der Waals surface area contributed by atoms with Crippen molar-refractivity contribution in [3.63, 3.8) is 0 Å². The molecule has 1 fully saturated rings. The molecule has 8 bridgehead atoms. The van der Waals surface area contributed by atoms with E-state index in [1.54, 1.807) is 0 Å². The van der Waals surface area contributed by atoms with E-state index in [0.29, 0.717) is 68.9 Å². The number of aryl methyl sites for hydroxylation is 3. The number of hydrogen-bond acceptors (Lipinski definition) is 14. The first-order valence-corrected chi connectivity index (χ1v) is 23.2. The van der Waals surface area contributed by atoms with Crippen LogP contribution in [0.5, 0.6) is 0 Å². The van der Waals surface area contributed by atoms with Crippen molar-refractivity contribution < 1.29 is 47.7 Å². The van der Waals surface area contributed by atoms with Crippen molar-refractivity contribution >= 4 is 68.3 Å². The maximum Gasteiger partial charge on any atom is 0.330 e. The van der Waals surface area contributed by atoms with Crippen LogP contribution < -0.4 is 11.2 Å². The van der Waals surface area contributed by atoms with Gasteiger partial charge in [-0.25, -0.2) is 9.78 Å². The van der Waals surface area contributed by atoms with Gasteiger partial charge in [-0.2, -0.15) is 0 Å². The number of fused-ring (bicyclic) bond motifs is 8. The molecule has 6 atom stereocenters. The van der Waals surface area contributed by atoms with Crippen LogP contribution in [0.1, 0.15) is 142 Å². The molecule has 70 heavy (non-hydrogen) atoms. The zero-order valence-corrected chi connectivity index (χ0v) is 41.5. The van der Waals surface area contributed by atoms with E-state index in [9.17, 15) is 33.6 Å². The predicted octanol–water partition coefficient (Wildman–Crippen LogP) is 6.69. The molecule has 0 spiro atoms. The van der Waals surface area contributed by atoms with E-state index in [2.05, 4.69) is 21.5 Å². The number of aromatic nitrogens is 6. The van der Waals surface area contributed by atoms with Crippen LogP contribution in [-0.2, 0) is 60.5 Å². The molecule has 0 amide bonds. The molecule has 1 saturated heterocycles. The molecule has 7 rings (SSSR count). The average molecular weight is 961 g/mol. The molecule has 0 aromatic carbocycles. The summed E-state index contributed by atoms with van der Waals surface area (Å²) in [4.78, 5) is 111. The van der Waals surface area contributed by atoms with Crippen LogP contribution in [0.15, 0.2) is 40.6 Å². The van der Waals surface area contributed by atoms with Crippen molar-refractivity contribution in [2.24, 2.45) is 0 Å². The van der Waals surface area contributed by atoms with Gasteiger partial charge < -0.3 is 33.7 Å². The number of nitrogens with one attached hydrogen (secondary N) is 3. The second kappa shape index (κ2) is 20.5. The molecular formula is C52H60N6O12. The number of methoxy groups -OCH3 is 2. The number of ketones is 2. The lowest BCUT2D eigenvalue weighted by Crippen LogP contribution is -2.41. The van der Waals surface area contributed by atoms with Gasteiger partial charge in [0.15, 0.2) is 12.3 Å². The zero-order chi connectivity index (χ0) is 51.0. The highest BCUT2D eigenvalue weighted by Crippen LogP contribution is 2.45. The number of hydrogen-bond donors (Lipinski definition) is 3. The lowest BCUT2D eigenvalue weighted by atomic mass is 9.84. The fourth-order valence-electron chi connectivity index (χ4n) is 9.97. The van der Waals surface area contributed by atoms with E-state index in [0.717, 1.165) is 32.3 Å². The number of allylic oxidation sites excluding steroid dienone is 2.